The number of rotatable bonds is 10. The number of thioether (sulfide) groups is 1. The van der Waals surface area contributed by atoms with E-state index in [-0.39, 0.29) is 6.61 Å². The smallest absolute Gasteiger partial charge is 0.311 e. The maximum absolute atomic E-state index is 12.1. The van der Waals surface area contributed by atoms with Crippen molar-refractivity contribution < 1.29 is 29.6 Å². The Balaban J connectivity index is 2.50. The van der Waals surface area contributed by atoms with Crippen LogP contribution in [0.4, 0.5) is 0 Å². The fraction of sp³-hybridized carbons (Fsp3) is 0.947. The Labute approximate surface area is 161 Å². The summed E-state index contributed by atoms with van der Waals surface area (Å²) in [4.78, 5) is 12.1. The third-order valence-electron chi connectivity index (χ3n) is 4.46. The highest BCUT2D eigenvalue weighted by Gasteiger charge is 2.47. The average molecular weight is 393 g/mol. The second-order valence-electron chi connectivity index (χ2n) is 7.97. The zero-order valence-corrected chi connectivity index (χ0v) is 17.3. The van der Waals surface area contributed by atoms with Crippen molar-refractivity contribution in [1.29, 1.82) is 0 Å². The molecule has 1 rings (SSSR count). The van der Waals surface area contributed by atoms with Gasteiger partial charge in [0, 0.05) is 0 Å². The molecule has 6 nitrogen and oxygen atoms in total. The second kappa shape index (κ2) is 11.5. The third kappa shape index (κ3) is 7.35. The summed E-state index contributed by atoms with van der Waals surface area (Å²) in [5.41, 5.74) is -1.38. The highest BCUT2D eigenvalue weighted by atomic mass is 32.2. The van der Waals surface area contributed by atoms with Crippen LogP contribution in [0.1, 0.15) is 66.2 Å². The molecule has 0 aromatic heterocycles. The van der Waals surface area contributed by atoms with Gasteiger partial charge in [0.05, 0.1) is 12.0 Å². The molecule has 0 aromatic rings. The molecule has 0 spiro atoms. The Bertz CT molecular complexity index is 409. The summed E-state index contributed by atoms with van der Waals surface area (Å²) in [6.07, 6.45) is 2.71. The molecule has 26 heavy (non-hydrogen) atoms. The molecule has 154 valence electrons. The first-order valence-corrected chi connectivity index (χ1v) is 10.7. The van der Waals surface area contributed by atoms with Crippen LogP contribution in [0.5, 0.6) is 0 Å². The Morgan fingerprint density at radius 1 is 1.08 bits per heavy atom. The van der Waals surface area contributed by atoms with Crippen molar-refractivity contribution >= 4 is 17.7 Å². The van der Waals surface area contributed by atoms with Crippen molar-refractivity contribution in [3.63, 3.8) is 0 Å². The minimum Gasteiger partial charge on any atom is -0.456 e. The van der Waals surface area contributed by atoms with Crippen LogP contribution in [-0.4, -0.2) is 63.5 Å². The number of aliphatic hydroxyl groups is 3. The zero-order valence-electron chi connectivity index (χ0n) is 16.5. The lowest BCUT2D eigenvalue weighted by Gasteiger charge is -2.42. The minimum atomic E-state index is -1.28. The molecule has 0 radical (unpaired) electrons. The van der Waals surface area contributed by atoms with Gasteiger partial charge < -0.3 is 24.8 Å². The number of carbonyl (C=O) groups is 1. The van der Waals surface area contributed by atoms with E-state index in [1.165, 1.54) is 37.4 Å². The summed E-state index contributed by atoms with van der Waals surface area (Å²) >= 11 is 1.43. The van der Waals surface area contributed by atoms with E-state index in [4.69, 9.17) is 9.47 Å². The summed E-state index contributed by atoms with van der Waals surface area (Å²) < 4.78 is 11.0. The average Bonchev–Trinajstić information content (AvgIpc) is 2.58. The molecule has 1 aliphatic heterocycles. The van der Waals surface area contributed by atoms with Gasteiger partial charge in [0.15, 0.2) is 6.10 Å². The molecular formula is C19H36O6S. The largest absolute Gasteiger partial charge is 0.456 e. The first-order chi connectivity index (χ1) is 12.2. The molecule has 5 atom stereocenters. The summed E-state index contributed by atoms with van der Waals surface area (Å²) in [5.74, 6) is 0.305. The van der Waals surface area contributed by atoms with E-state index >= 15 is 0 Å². The van der Waals surface area contributed by atoms with Crippen LogP contribution in [0, 0.1) is 5.41 Å². The van der Waals surface area contributed by atoms with Crippen LogP contribution in [0.3, 0.4) is 0 Å². The lowest BCUT2D eigenvalue weighted by molar-refractivity contribution is -0.225. The van der Waals surface area contributed by atoms with Gasteiger partial charge in [-0.1, -0.05) is 39.0 Å². The Morgan fingerprint density at radius 2 is 1.69 bits per heavy atom. The standard InChI is InChI=1S/C19H36O6S/c1-5-6-7-8-9-10-11-26-17-15(22)14(21)16(13(12-20)24-17)25-18(23)19(2,3)4/h13-17,20-22H,5-12H2,1-4H3/t13-,14-,15-,16-,17+/m1/s1. The minimum absolute atomic E-state index is 0.389. The highest BCUT2D eigenvalue weighted by molar-refractivity contribution is 7.99. The van der Waals surface area contributed by atoms with E-state index in [9.17, 15) is 20.1 Å². The first-order valence-electron chi connectivity index (χ1n) is 9.67. The van der Waals surface area contributed by atoms with Crippen LogP contribution in [0.25, 0.3) is 0 Å². The fourth-order valence-corrected chi connectivity index (χ4v) is 3.90. The summed E-state index contributed by atoms with van der Waals surface area (Å²) in [6, 6.07) is 0. The normalized spacial score (nSPS) is 29.6. The Morgan fingerprint density at radius 3 is 2.27 bits per heavy atom. The van der Waals surface area contributed by atoms with Gasteiger partial charge in [0.2, 0.25) is 0 Å². The molecule has 1 heterocycles. The maximum atomic E-state index is 12.1. The van der Waals surface area contributed by atoms with Gasteiger partial charge >= 0.3 is 5.97 Å². The molecule has 1 aliphatic rings. The van der Waals surface area contributed by atoms with Gasteiger partial charge in [-0.3, -0.25) is 4.79 Å². The van der Waals surface area contributed by atoms with Gasteiger partial charge in [0.1, 0.15) is 23.7 Å². The highest BCUT2D eigenvalue weighted by Crippen LogP contribution is 2.31. The lowest BCUT2D eigenvalue weighted by Crippen LogP contribution is -2.59. The SMILES string of the molecule is CCCCCCCCS[C@@H]1O[C@H](CO)[C@@H](OC(=O)C(C)(C)C)[C@H](O)[C@H]1O. The molecule has 3 N–H and O–H groups in total. The molecule has 1 saturated heterocycles. The van der Waals surface area contributed by atoms with Crippen LogP contribution < -0.4 is 0 Å². The van der Waals surface area contributed by atoms with E-state index in [1.54, 1.807) is 20.8 Å². The molecule has 7 heteroatoms. The van der Waals surface area contributed by atoms with Crippen molar-refractivity contribution in [3.05, 3.63) is 0 Å². The molecule has 0 unspecified atom stereocenters. The predicted molar refractivity (Wildman–Crippen MR) is 103 cm³/mol. The zero-order chi connectivity index (χ0) is 19.7. The van der Waals surface area contributed by atoms with Crippen LogP contribution >= 0.6 is 11.8 Å². The van der Waals surface area contributed by atoms with Gasteiger partial charge in [-0.05, 0) is 32.9 Å². The molecular weight excluding hydrogens is 356 g/mol. The number of ether oxygens (including phenoxy) is 2. The third-order valence-corrected chi connectivity index (χ3v) is 5.70. The monoisotopic (exact) mass is 392 g/mol. The van der Waals surface area contributed by atoms with Crippen LogP contribution in [0.2, 0.25) is 0 Å². The fourth-order valence-electron chi connectivity index (χ4n) is 2.72. The van der Waals surface area contributed by atoms with Gasteiger partial charge in [-0.25, -0.2) is 0 Å². The van der Waals surface area contributed by atoms with Gasteiger partial charge in [-0.15, -0.1) is 11.8 Å². The Hall–Kier alpha value is -0.340. The Kier molecular flexibility index (Phi) is 10.5. The number of hydrogen-bond acceptors (Lipinski definition) is 7. The molecule has 0 aliphatic carbocycles. The van der Waals surface area contributed by atoms with Crippen molar-refractivity contribution in [3.8, 4) is 0 Å². The topological polar surface area (TPSA) is 96.2 Å². The van der Waals surface area contributed by atoms with Crippen molar-refractivity contribution in [2.75, 3.05) is 12.4 Å². The first kappa shape index (κ1) is 23.7. The lowest BCUT2D eigenvalue weighted by atomic mass is 9.95. The van der Waals surface area contributed by atoms with Crippen LogP contribution in [-0.2, 0) is 14.3 Å². The molecule has 1 fully saturated rings. The van der Waals surface area contributed by atoms with E-state index in [1.807, 2.05) is 0 Å². The summed E-state index contributed by atoms with van der Waals surface area (Å²) in [5, 5.41) is 30.3. The molecule has 0 aromatic carbocycles. The quantitative estimate of drug-likeness (QED) is 0.388. The van der Waals surface area contributed by atoms with Crippen molar-refractivity contribution in [2.45, 2.75) is 96.1 Å². The van der Waals surface area contributed by atoms with Crippen molar-refractivity contribution in [1.82, 2.24) is 0 Å². The van der Waals surface area contributed by atoms with Gasteiger partial charge in [0.25, 0.3) is 0 Å². The van der Waals surface area contributed by atoms with Crippen molar-refractivity contribution in [2.24, 2.45) is 5.41 Å². The summed E-state index contributed by atoms with van der Waals surface area (Å²) in [7, 11) is 0. The van der Waals surface area contributed by atoms with E-state index in [2.05, 4.69) is 6.92 Å². The number of hydrogen-bond donors (Lipinski definition) is 3. The van der Waals surface area contributed by atoms with E-state index in [0.717, 1.165) is 18.6 Å². The maximum Gasteiger partial charge on any atom is 0.311 e. The molecule has 0 saturated carbocycles. The molecule has 0 amide bonds. The summed E-state index contributed by atoms with van der Waals surface area (Å²) in [6.45, 7) is 6.91. The number of unbranched alkanes of at least 4 members (excludes halogenated alkanes) is 5. The molecule has 0 bridgehead atoms. The number of aliphatic hydroxyl groups excluding tert-OH is 3. The van der Waals surface area contributed by atoms with Crippen LogP contribution in [0.15, 0.2) is 0 Å². The number of carbonyl (C=O) groups excluding carboxylic acids is 1. The predicted octanol–water partition coefficient (Wildman–Crippen LogP) is 2.48. The second-order valence-corrected chi connectivity index (χ2v) is 9.17. The number of esters is 1. The van der Waals surface area contributed by atoms with Gasteiger partial charge in [-0.2, -0.15) is 0 Å². The van der Waals surface area contributed by atoms with E-state index in [0.29, 0.717) is 0 Å². The van der Waals surface area contributed by atoms with E-state index < -0.39 is 41.2 Å².